The fourth-order valence-electron chi connectivity index (χ4n) is 3.09. The lowest BCUT2D eigenvalue weighted by Crippen LogP contribution is -2.45. The third-order valence-corrected chi connectivity index (χ3v) is 6.09. The molecule has 2 saturated heterocycles. The Bertz CT molecular complexity index is 371. The predicted molar refractivity (Wildman–Crippen MR) is 77.0 cm³/mol. The molecule has 2 unspecified atom stereocenters. The first-order valence-electron chi connectivity index (χ1n) is 6.65. The maximum atomic E-state index is 6.41. The number of aromatic nitrogens is 1. The topological polar surface area (TPSA) is 48.1 Å². The highest BCUT2D eigenvalue weighted by molar-refractivity contribution is 7.99. The molecule has 18 heavy (non-hydrogen) atoms. The van der Waals surface area contributed by atoms with E-state index in [-0.39, 0.29) is 11.6 Å². The number of rotatable bonds is 2. The van der Waals surface area contributed by atoms with Gasteiger partial charge in [-0.15, -0.1) is 11.3 Å². The van der Waals surface area contributed by atoms with Crippen LogP contribution in [0.2, 0.25) is 0 Å². The number of nitrogens with zero attached hydrogens (tertiary/aromatic N) is 1. The van der Waals surface area contributed by atoms with Crippen LogP contribution in [0, 0.1) is 5.92 Å². The standard InChI is InChI=1S/C13H20N2OS2/c14-12(11-8-15-9-18-11)10-1-4-16-13(7-10)2-5-17-6-3-13/h8-10,12H,1-7,14H2. The number of hydrogen-bond acceptors (Lipinski definition) is 5. The highest BCUT2D eigenvalue weighted by atomic mass is 32.2. The fraction of sp³-hybridized carbons (Fsp3) is 0.769. The van der Waals surface area contributed by atoms with E-state index in [0.29, 0.717) is 5.92 Å². The number of nitrogens with two attached hydrogens (primary N) is 1. The summed E-state index contributed by atoms with van der Waals surface area (Å²) in [7, 11) is 0. The molecule has 0 radical (unpaired) electrons. The minimum absolute atomic E-state index is 0.135. The molecule has 1 spiro atoms. The summed E-state index contributed by atoms with van der Waals surface area (Å²) < 4.78 is 6.12. The van der Waals surface area contributed by atoms with Crippen LogP contribution in [0.1, 0.15) is 36.6 Å². The highest BCUT2D eigenvalue weighted by Crippen LogP contribution is 2.43. The average Bonchev–Trinajstić information content (AvgIpc) is 2.93. The van der Waals surface area contributed by atoms with E-state index in [9.17, 15) is 0 Å². The molecule has 0 bridgehead atoms. The Morgan fingerprint density at radius 1 is 1.44 bits per heavy atom. The summed E-state index contributed by atoms with van der Waals surface area (Å²) in [6.07, 6.45) is 6.54. The minimum atomic E-state index is 0.135. The molecule has 1 aromatic rings. The summed E-state index contributed by atoms with van der Waals surface area (Å²) >= 11 is 3.73. The summed E-state index contributed by atoms with van der Waals surface area (Å²) in [5.74, 6) is 3.03. The molecule has 0 amide bonds. The highest BCUT2D eigenvalue weighted by Gasteiger charge is 2.40. The zero-order chi connectivity index (χ0) is 12.4. The van der Waals surface area contributed by atoms with Crippen LogP contribution in [0.25, 0.3) is 0 Å². The van der Waals surface area contributed by atoms with Crippen molar-refractivity contribution in [2.45, 2.75) is 37.3 Å². The van der Waals surface area contributed by atoms with Gasteiger partial charge in [-0.2, -0.15) is 11.8 Å². The number of thiazole rings is 1. The molecule has 2 fully saturated rings. The number of hydrogen-bond donors (Lipinski definition) is 1. The summed E-state index contributed by atoms with van der Waals surface area (Å²) in [5.41, 5.74) is 8.43. The Morgan fingerprint density at radius 2 is 2.28 bits per heavy atom. The first-order valence-corrected chi connectivity index (χ1v) is 8.68. The van der Waals surface area contributed by atoms with Crippen molar-refractivity contribution < 1.29 is 4.74 Å². The normalized spacial score (nSPS) is 29.3. The summed E-state index contributed by atoms with van der Waals surface area (Å²) in [6, 6.07) is 0.146. The Labute approximate surface area is 117 Å². The second-order valence-electron chi connectivity index (χ2n) is 5.33. The first-order chi connectivity index (χ1) is 8.79. The van der Waals surface area contributed by atoms with E-state index in [1.54, 1.807) is 11.3 Å². The van der Waals surface area contributed by atoms with Crippen molar-refractivity contribution in [3.05, 3.63) is 16.6 Å². The quantitative estimate of drug-likeness (QED) is 0.907. The zero-order valence-electron chi connectivity index (χ0n) is 10.5. The molecule has 2 aliphatic rings. The van der Waals surface area contributed by atoms with Crippen LogP contribution >= 0.6 is 23.1 Å². The molecule has 0 saturated carbocycles. The van der Waals surface area contributed by atoms with Gasteiger partial charge in [0, 0.05) is 23.7 Å². The molecule has 0 aliphatic carbocycles. The molecule has 3 nitrogen and oxygen atoms in total. The van der Waals surface area contributed by atoms with Crippen LogP contribution in [-0.4, -0.2) is 28.7 Å². The molecule has 2 N–H and O–H groups in total. The maximum Gasteiger partial charge on any atom is 0.0794 e. The monoisotopic (exact) mass is 284 g/mol. The van der Waals surface area contributed by atoms with E-state index in [0.717, 1.165) is 19.4 Å². The van der Waals surface area contributed by atoms with Crippen LogP contribution in [0.5, 0.6) is 0 Å². The first kappa shape index (κ1) is 12.9. The van der Waals surface area contributed by atoms with Crippen LogP contribution in [0.3, 0.4) is 0 Å². The average molecular weight is 284 g/mol. The fourth-order valence-corrected chi connectivity index (χ4v) is 5.04. The number of ether oxygens (including phenoxy) is 1. The lowest BCUT2D eigenvalue weighted by atomic mass is 9.78. The van der Waals surface area contributed by atoms with Gasteiger partial charge in [0.1, 0.15) is 0 Å². The van der Waals surface area contributed by atoms with Gasteiger partial charge in [-0.3, -0.25) is 4.98 Å². The van der Waals surface area contributed by atoms with Gasteiger partial charge in [0.05, 0.1) is 11.1 Å². The Balaban J connectivity index is 1.70. The van der Waals surface area contributed by atoms with E-state index >= 15 is 0 Å². The lowest BCUT2D eigenvalue weighted by molar-refractivity contribution is -0.105. The SMILES string of the molecule is NC(c1cncs1)C1CCOC2(CCSCC2)C1. The third kappa shape index (κ3) is 2.59. The molecule has 0 aromatic carbocycles. The zero-order valence-corrected chi connectivity index (χ0v) is 12.1. The predicted octanol–water partition coefficient (Wildman–Crippen LogP) is 2.84. The minimum Gasteiger partial charge on any atom is -0.375 e. The second-order valence-corrected chi connectivity index (χ2v) is 7.47. The van der Waals surface area contributed by atoms with E-state index in [2.05, 4.69) is 16.7 Å². The van der Waals surface area contributed by atoms with Crippen molar-refractivity contribution in [3.63, 3.8) is 0 Å². The molecule has 5 heteroatoms. The smallest absolute Gasteiger partial charge is 0.0794 e. The maximum absolute atomic E-state index is 6.41. The van der Waals surface area contributed by atoms with Crippen molar-refractivity contribution >= 4 is 23.1 Å². The van der Waals surface area contributed by atoms with E-state index in [1.807, 2.05) is 11.7 Å². The molecule has 3 rings (SSSR count). The van der Waals surface area contributed by atoms with Crippen LogP contribution < -0.4 is 5.73 Å². The van der Waals surface area contributed by atoms with Gasteiger partial charge in [-0.1, -0.05) is 0 Å². The molecule has 2 aliphatic heterocycles. The van der Waals surface area contributed by atoms with Crippen LogP contribution in [-0.2, 0) is 4.74 Å². The van der Waals surface area contributed by atoms with Gasteiger partial charge in [-0.05, 0) is 43.1 Å². The third-order valence-electron chi connectivity index (χ3n) is 4.22. The lowest BCUT2D eigenvalue weighted by Gasteiger charge is -2.44. The summed E-state index contributed by atoms with van der Waals surface area (Å²) in [4.78, 5) is 5.37. The van der Waals surface area contributed by atoms with Gasteiger partial charge in [0.15, 0.2) is 0 Å². The van der Waals surface area contributed by atoms with Gasteiger partial charge < -0.3 is 10.5 Å². The van der Waals surface area contributed by atoms with Crippen LogP contribution in [0.4, 0.5) is 0 Å². The largest absolute Gasteiger partial charge is 0.375 e. The van der Waals surface area contributed by atoms with Gasteiger partial charge in [-0.25, -0.2) is 0 Å². The molecule has 3 heterocycles. The molecule has 1 aromatic heterocycles. The Morgan fingerprint density at radius 3 is 3.00 bits per heavy atom. The van der Waals surface area contributed by atoms with E-state index in [1.165, 1.54) is 29.2 Å². The van der Waals surface area contributed by atoms with Crippen molar-refractivity contribution in [2.24, 2.45) is 11.7 Å². The molecule has 2 atom stereocenters. The van der Waals surface area contributed by atoms with Crippen molar-refractivity contribution in [2.75, 3.05) is 18.1 Å². The Hall–Kier alpha value is -0.100. The van der Waals surface area contributed by atoms with Crippen LogP contribution in [0.15, 0.2) is 11.7 Å². The van der Waals surface area contributed by atoms with Crippen molar-refractivity contribution in [3.8, 4) is 0 Å². The van der Waals surface area contributed by atoms with Gasteiger partial charge in [0.25, 0.3) is 0 Å². The Kier molecular flexibility index (Phi) is 3.94. The molecular formula is C13H20N2OS2. The molecular weight excluding hydrogens is 264 g/mol. The van der Waals surface area contributed by atoms with Gasteiger partial charge in [0.2, 0.25) is 0 Å². The molecule has 100 valence electrons. The second kappa shape index (κ2) is 5.49. The number of thioether (sulfide) groups is 1. The van der Waals surface area contributed by atoms with Crippen molar-refractivity contribution in [1.82, 2.24) is 4.98 Å². The van der Waals surface area contributed by atoms with E-state index in [4.69, 9.17) is 10.5 Å². The van der Waals surface area contributed by atoms with Crippen molar-refractivity contribution in [1.29, 1.82) is 0 Å². The van der Waals surface area contributed by atoms with Gasteiger partial charge >= 0.3 is 0 Å². The summed E-state index contributed by atoms with van der Waals surface area (Å²) in [5, 5.41) is 0. The van der Waals surface area contributed by atoms with E-state index < -0.39 is 0 Å². The summed E-state index contributed by atoms with van der Waals surface area (Å²) in [6.45, 7) is 0.877.